The second kappa shape index (κ2) is 5.28. The van der Waals surface area contributed by atoms with Gasteiger partial charge >= 0.3 is 0 Å². The number of aliphatic hydroxyl groups excluding tert-OH is 1. The molecule has 0 heterocycles. The molecule has 1 aromatic rings. The minimum Gasteiger partial charge on any atom is -0.388 e. The van der Waals surface area contributed by atoms with Crippen LogP contribution in [0.2, 0.25) is 0 Å². The van der Waals surface area contributed by atoms with Crippen LogP contribution in [0, 0.1) is 11.7 Å². The largest absolute Gasteiger partial charge is 0.388 e. The number of aliphatic hydroxyl groups is 1. The van der Waals surface area contributed by atoms with E-state index in [1.54, 1.807) is 6.07 Å². The summed E-state index contributed by atoms with van der Waals surface area (Å²) in [5.41, 5.74) is 0.673. The van der Waals surface area contributed by atoms with Gasteiger partial charge in [-0.1, -0.05) is 41.6 Å². The third-order valence-corrected chi connectivity index (χ3v) is 4.07. The summed E-state index contributed by atoms with van der Waals surface area (Å²) >= 11 is 3.35. The van der Waals surface area contributed by atoms with Crippen molar-refractivity contribution in [2.45, 2.75) is 38.2 Å². The van der Waals surface area contributed by atoms with Crippen LogP contribution >= 0.6 is 15.9 Å². The van der Waals surface area contributed by atoms with Gasteiger partial charge in [-0.25, -0.2) is 4.39 Å². The lowest BCUT2D eigenvalue weighted by atomic mass is 9.96. The van der Waals surface area contributed by atoms with Gasteiger partial charge in [0.05, 0.1) is 6.10 Å². The molecule has 2 rings (SSSR count). The Morgan fingerprint density at radius 3 is 2.75 bits per heavy atom. The fraction of sp³-hybridized carbons (Fsp3) is 0.538. The van der Waals surface area contributed by atoms with Gasteiger partial charge in [-0.05, 0) is 36.1 Å². The van der Waals surface area contributed by atoms with Crippen LogP contribution in [0.1, 0.15) is 43.8 Å². The van der Waals surface area contributed by atoms with Crippen molar-refractivity contribution in [1.29, 1.82) is 0 Å². The molecule has 1 N–H and O–H groups in total. The lowest BCUT2D eigenvalue weighted by molar-refractivity contribution is 0.144. The van der Waals surface area contributed by atoms with E-state index in [0.29, 0.717) is 11.5 Å². The Hall–Kier alpha value is -0.410. The molecule has 0 aliphatic heterocycles. The maximum absolute atomic E-state index is 13.1. The SMILES string of the molecule is OC(CC1CCCC1)c1cc(F)ccc1Br. The van der Waals surface area contributed by atoms with Gasteiger partial charge in [0.15, 0.2) is 0 Å². The summed E-state index contributed by atoms with van der Waals surface area (Å²) in [5, 5.41) is 10.1. The molecule has 0 bridgehead atoms. The standard InChI is InChI=1S/C13H16BrFO/c14-12-6-5-10(15)8-11(12)13(16)7-9-3-1-2-4-9/h5-6,8-9,13,16H,1-4,7H2. The summed E-state index contributed by atoms with van der Waals surface area (Å²) in [5.74, 6) is 0.314. The molecule has 1 fully saturated rings. The molecule has 1 saturated carbocycles. The van der Waals surface area contributed by atoms with Crippen molar-refractivity contribution in [2.75, 3.05) is 0 Å². The van der Waals surface area contributed by atoms with E-state index in [1.807, 2.05) is 0 Å². The molecule has 1 aromatic carbocycles. The van der Waals surface area contributed by atoms with Crippen molar-refractivity contribution >= 4 is 15.9 Å². The molecule has 3 heteroatoms. The van der Waals surface area contributed by atoms with Gasteiger partial charge in [0, 0.05) is 4.47 Å². The van der Waals surface area contributed by atoms with Crippen LogP contribution in [0.25, 0.3) is 0 Å². The summed E-state index contributed by atoms with van der Waals surface area (Å²) < 4.78 is 13.9. The van der Waals surface area contributed by atoms with E-state index in [9.17, 15) is 9.50 Å². The average Bonchev–Trinajstić information content (AvgIpc) is 2.74. The Balaban J connectivity index is 2.07. The van der Waals surface area contributed by atoms with E-state index >= 15 is 0 Å². The Kier molecular flexibility index (Phi) is 3.98. The van der Waals surface area contributed by atoms with Gasteiger partial charge in [-0.3, -0.25) is 0 Å². The van der Waals surface area contributed by atoms with Crippen LogP contribution in [0.5, 0.6) is 0 Å². The fourth-order valence-electron chi connectivity index (χ4n) is 2.46. The maximum Gasteiger partial charge on any atom is 0.123 e. The molecule has 1 aliphatic carbocycles. The summed E-state index contributed by atoms with van der Waals surface area (Å²) in [4.78, 5) is 0. The normalized spacial score (nSPS) is 18.9. The molecule has 1 aliphatic rings. The topological polar surface area (TPSA) is 20.2 Å². The maximum atomic E-state index is 13.1. The summed E-state index contributed by atoms with van der Waals surface area (Å²) in [6, 6.07) is 4.47. The Morgan fingerprint density at radius 1 is 1.38 bits per heavy atom. The summed E-state index contributed by atoms with van der Waals surface area (Å²) in [7, 11) is 0. The van der Waals surface area contributed by atoms with Crippen molar-refractivity contribution in [2.24, 2.45) is 5.92 Å². The van der Waals surface area contributed by atoms with Gasteiger partial charge in [-0.15, -0.1) is 0 Å². The molecule has 0 amide bonds. The van der Waals surface area contributed by atoms with Crippen molar-refractivity contribution in [3.8, 4) is 0 Å². The summed E-state index contributed by atoms with van der Waals surface area (Å²) in [6.45, 7) is 0. The molecule has 88 valence electrons. The first-order chi connectivity index (χ1) is 7.66. The monoisotopic (exact) mass is 286 g/mol. The second-order valence-corrected chi connectivity index (χ2v) is 5.42. The van der Waals surface area contributed by atoms with Gasteiger partial charge in [0.1, 0.15) is 5.82 Å². The van der Waals surface area contributed by atoms with Crippen LogP contribution in [0.15, 0.2) is 22.7 Å². The summed E-state index contributed by atoms with van der Waals surface area (Å²) in [6.07, 6.45) is 5.13. The number of halogens is 2. The van der Waals surface area contributed by atoms with E-state index in [0.717, 1.165) is 10.9 Å². The van der Waals surface area contributed by atoms with E-state index < -0.39 is 6.10 Å². The third-order valence-electron chi connectivity index (χ3n) is 3.35. The van der Waals surface area contributed by atoms with Crippen LogP contribution in [0.3, 0.4) is 0 Å². The molecule has 1 atom stereocenters. The van der Waals surface area contributed by atoms with E-state index in [4.69, 9.17) is 0 Å². The number of hydrogen-bond donors (Lipinski definition) is 1. The predicted molar refractivity (Wildman–Crippen MR) is 65.6 cm³/mol. The molecule has 0 saturated heterocycles. The van der Waals surface area contributed by atoms with Crippen molar-refractivity contribution in [1.82, 2.24) is 0 Å². The minimum atomic E-state index is -0.548. The highest BCUT2D eigenvalue weighted by Gasteiger charge is 2.21. The lowest BCUT2D eigenvalue weighted by Crippen LogP contribution is -2.05. The molecular formula is C13H16BrFO. The second-order valence-electron chi connectivity index (χ2n) is 4.57. The van der Waals surface area contributed by atoms with Crippen molar-refractivity contribution < 1.29 is 9.50 Å². The Morgan fingerprint density at radius 2 is 2.06 bits per heavy atom. The molecule has 1 nitrogen and oxygen atoms in total. The van der Waals surface area contributed by atoms with E-state index in [1.165, 1.54) is 37.8 Å². The van der Waals surface area contributed by atoms with Crippen molar-refractivity contribution in [3.63, 3.8) is 0 Å². The molecular weight excluding hydrogens is 271 g/mol. The van der Waals surface area contributed by atoms with Crippen LogP contribution in [-0.2, 0) is 0 Å². The van der Waals surface area contributed by atoms with Crippen LogP contribution in [0.4, 0.5) is 4.39 Å². The molecule has 1 unspecified atom stereocenters. The van der Waals surface area contributed by atoms with Gasteiger partial charge in [-0.2, -0.15) is 0 Å². The van der Waals surface area contributed by atoms with E-state index in [2.05, 4.69) is 15.9 Å². The zero-order valence-corrected chi connectivity index (χ0v) is 10.7. The molecule has 0 radical (unpaired) electrons. The minimum absolute atomic E-state index is 0.288. The molecule has 0 aromatic heterocycles. The van der Waals surface area contributed by atoms with E-state index in [-0.39, 0.29) is 5.82 Å². The van der Waals surface area contributed by atoms with Gasteiger partial charge in [0.2, 0.25) is 0 Å². The average molecular weight is 287 g/mol. The lowest BCUT2D eigenvalue weighted by Gasteiger charge is -2.17. The smallest absolute Gasteiger partial charge is 0.123 e. The zero-order valence-electron chi connectivity index (χ0n) is 9.13. The fourth-order valence-corrected chi connectivity index (χ4v) is 2.97. The van der Waals surface area contributed by atoms with Crippen LogP contribution < -0.4 is 0 Å². The third kappa shape index (κ3) is 2.83. The first-order valence-electron chi connectivity index (χ1n) is 5.80. The molecule has 0 spiro atoms. The predicted octanol–water partition coefficient (Wildman–Crippen LogP) is 4.20. The quantitative estimate of drug-likeness (QED) is 0.883. The van der Waals surface area contributed by atoms with Gasteiger partial charge in [0.25, 0.3) is 0 Å². The first-order valence-corrected chi connectivity index (χ1v) is 6.59. The number of rotatable bonds is 3. The first kappa shape index (κ1) is 12.1. The van der Waals surface area contributed by atoms with Crippen LogP contribution in [-0.4, -0.2) is 5.11 Å². The highest BCUT2D eigenvalue weighted by molar-refractivity contribution is 9.10. The van der Waals surface area contributed by atoms with Gasteiger partial charge < -0.3 is 5.11 Å². The van der Waals surface area contributed by atoms with Crippen molar-refractivity contribution in [3.05, 3.63) is 34.1 Å². The molecule has 16 heavy (non-hydrogen) atoms. The Bertz CT molecular complexity index is 361. The number of benzene rings is 1. The number of hydrogen-bond acceptors (Lipinski definition) is 1. The highest BCUT2D eigenvalue weighted by atomic mass is 79.9. The zero-order chi connectivity index (χ0) is 11.5. The Labute approximate surface area is 104 Å². The highest BCUT2D eigenvalue weighted by Crippen LogP contribution is 2.35.